The number of carbonyl (C=O) groups excluding carboxylic acids is 1. The van der Waals surface area contributed by atoms with Crippen molar-refractivity contribution in [1.82, 2.24) is 24.6 Å². The zero-order valence-corrected chi connectivity index (χ0v) is 17.7. The van der Waals surface area contributed by atoms with Crippen molar-refractivity contribution in [3.05, 3.63) is 66.6 Å². The van der Waals surface area contributed by atoms with Gasteiger partial charge in [0.05, 0.1) is 30.0 Å². The second-order valence-electron chi connectivity index (χ2n) is 8.20. The van der Waals surface area contributed by atoms with Gasteiger partial charge in [-0.1, -0.05) is 6.07 Å². The number of rotatable bonds is 5. The number of pyridine rings is 1. The van der Waals surface area contributed by atoms with Gasteiger partial charge in [0, 0.05) is 42.7 Å². The number of aromatic nitrogens is 4. The molecule has 0 bridgehead atoms. The van der Waals surface area contributed by atoms with Crippen molar-refractivity contribution in [3.63, 3.8) is 0 Å². The van der Waals surface area contributed by atoms with Crippen LogP contribution in [0.15, 0.2) is 61.1 Å². The van der Waals surface area contributed by atoms with Crippen LogP contribution >= 0.6 is 0 Å². The van der Waals surface area contributed by atoms with Gasteiger partial charge in [-0.2, -0.15) is 5.10 Å². The number of aromatic amines is 1. The van der Waals surface area contributed by atoms with Crippen LogP contribution < -0.4 is 4.74 Å². The zero-order valence-electron chi connectivity index (χ0n) is 17.7. The molecule has 0 radical (unpaired) electrons. The van der Waals surface area contributed by atoms with Crippen LogP contribution in [0.1, 0.15) is 23.7 Å². The summed E-state index contributed by atoms with van der Waals surface area (Å²) in [4.78, 5) is 19.8. The van der Waals surface area contributed by atoms with E-state index in [2.05, 4.69) is 40.0 Å². The fourth-order valence-corrected chi connectivity index (χ4v) is 4.54. The molecule has 2 atom stereocenters. The van der Waals surface area contributed by atoms with Gasteiger partial charge < -0.3 is 14.2 Å². The molecule has 0 unspecified atom stereocenters. The van der Waals surface area contributed by atoms with E-state index in [1.54, 1.807) is 13.3 Å². The second kappa shape index (κ2) is 7.91. The van der Waals surface area contributed by atoms with E-state index in [9.17, 15) is 4.79 Å². The SMILES string of the molecule is COc1cccc(C(=O)N2C[C@H](Cn3ccc4nc(-c5cn[nH]c5)ccc43)C[C@H]2C)c1. The standard InChI is InChI=1S/C24H25N5O2/c1-16-10-17(15-29(16)24(30)18-4-3-5-20(11-18)31-2)14-28-9-8-22-23(28)7-6-21(27-22)19-12-25-26-13-19/h3-9,11-13,16-17H,10,14-15H2,1-2H3,(H,25,26)/t16-,17+/m1/s1. The first-order valence-corrected chi connectivity index (χ1v) is 10.5. The molecule has 4 heterocycles. The summed E-state index contributed by atoms with van der Waals surface area (Å²) < 4.78 is 7.52. The molecular weight excluding hydrogens is 390 g/mol. The molecule has 31 heavy (non-hydrogen) atoms. The topological polar surface area (TPSA) is 76.0 Å². The molecule has 0 spiro atoms. The van der Waals surface area contributed by atoms with Crippen LogP contribution in [0, 0.1) is 5.92 Å². The summed E-state index contributed by atoms with van der Waals surface area (Å²) in [6.07, 6.45) is 6.70. The fraction of sp³-hybridized carbons (Fsp3) is 0.292. The number of nitrogens with zero attached hydrogens (tertiary/aromatic N) is 4. The highest BCUT2D eigenvalue weighted by molar-refractivity contribution is 5.95. The average Bonchev–Trinajstić information content (AvgIpc) is 3.54. The van der Waals surface area contributed by atoms with Crippen LogP contribution in [0.5, 0.6) is 5.75 Å². The van der Waals surface area contributed by atoms with E-state index >= 15 is 0 Å². The van der Waals surface area contributed by atoms with Crippen molar-refractivity contribution in [3.8, 4) is 17.0 Å². The number of benzene rings is 1. The first kappa shape index (κ1) is 19.4. The molecular formula is C24H25N5O2. The molecule has 1 saturated heterocycles. The number of hydrogen-bond donors (Lipinski definition) is 1. The lowest BCUT2D eigenvalue weighted by Gasteiger charge is -2.22. The third-order valence-electron chi connectivity index (χ3n) is 6.11. The van der Waals surface area contributed by atoms with Gasteiger partial charge >= 0.3 is 0 Å². The lowest BCUT2D eigenvalue weighted by Crippen LogP contribution is -2.34. The van der Waals surface area contributed by atoms with Gasteiger partial charge in [-0.15, -0.1) is 0 Å². The number of likely N-dealkylation sites (tertiary alicyclic amines) is 1. The minimum Gasteiger partial charge on any atom is -0.497 e. The lowest BCUT2D eigenvalue weighted by molar-refractivity contribution is 0.0742. The molecule has 0 aliphatic carbocycles. The van der Waals surface area contributed by atoms with Gasteiger partial charge in [0.25, 0.3) is 5.91 Å². The molecule has 7 heteroatoms. The van der Waals surface area contributed by atoms with Crippen molar-refractivity contribution < 1.29 is 9.53 Å². The third kappa shape index (κ3) is 3.67. The van der Waals surface area contributed by atoms with Crippen LogP contribution in [0.2, 0.25) is 0 Å². The minimum absolute atomic E-state index is 0.0673. The van der Waals surface area contributed by atoms with Crippen molar-refractivity contribution in [2.24, 2.45) is 5.92 Å². The molecule has 3 aromatic heterocycles. The van der Waals surface area contributed by atoms with Crippen LogP contribution in [-0.4, -0.2) is 50.3 Å². The minimum atomic E-state index is 0.0673. The van der Waals surface area contributed by atoms with Gasteiger partial charge in [-0.3, -0.25) is 9.89 Å². The Hall–Kier alpha value is -3.61. The number of hydrogen-bond acceptors (Lipinski definition) is 4. The maximum Gasteiger partial charge on any atom is 0.254 e. The molecule has 1 N–H and O–H groups in total. The van der Waals surface area contributed by atoms with E-state index in [0.29, 0.717) is 17.2 Å². The molecule has 4 aromatic rings. The maximum atomic E-state index is 13.1. The van der Waals surface area contributed by atoms with Crippen molar-refractivity contribution >= 4 is 16.9 Å². The Morgan fingerprint density at radius 2 is 2.16 bits per heavy atom. The normalized spacial score (nSPS) is 18.6. The number of fused-ring (bicyclic) bond motifs is 1. The zero-order chi connectivity index (χ0) is 21.4. The number of carbonyl (C=O) groups is 1. The predicted octanol–water partition coefficient (Wildman–Crippen LogP) is 3.99. The molecule has 5 rings (SSSR count). The van der Waals surface area contributed by atoms with Crippen LogP contribution in [0.3, 0.4) is 0 Å². The molecule has 1 aromatic carbocycles. The van der Waals surface area contributed by atoms with E-state index in [1.165, 1.54) is 0 Å². The fourth-order valence-electron chi connectivity index (χ4n) is 4.54. The highest BCUT2D eigenvalue weighted by atomic mass is 16.5. The molecule has 158 valence electrons. The Morgan fingerprint density at radius 1 is 1.26 bits per heavy atom. The van der Waals surface area contributed by atoms with Gasteiger partial charge in [0.1, 0.15) is 5.75 Å². The highest BCUT2D eigenvalue weighted by Crippen LogP contribution is 2.29. The summed E-state index contributed by atoms with van der Waals surface area (Å²) in [6.45, 7) is 3.74. The largest absolute Gasteiger partial charge is 0.497 e. The number of nitrogens with one attached hydrogen (secondary N) is 1. The molecule has 7 nitrogen and oxygen atoms in total. The summed E-state index contributed by atoms with van der Waals surface area (Å²) in [5.41, 5.74) is 4.63. The smallest absolute Gasteiger partial charge is 0.254 e. The summed E-state index contributed by atoms with van der Waals surface area (Å²) >= 11 is 0. The number of ether oxygens (including phenoxy) is 1. The molecule has 0 saturated carbocycles. The Kier molecular flexibility index (Phi) is 4.94. The van der Waals surface area contributed by atoms with Crippen LogP contribution in [0.4, 0.5) is 0 Å². The average molecular weight is 415 g/mol. The van der Waals surface area contributed by atoms with Crippen molar-refractivity contribution in [2.75, 3.05) is 13.7 Å². The Labute approximate surface area is 180 Å². The third-order valence-corrected chi connectivity index (χ3v) is 6.11. The van der Waals surface area contributed by atoms with Gasteiger partial charge in [-0.05, 0) is 55.7 Å². The summed E-state index contributed by atoms with van der Waals surface area (Å²) in [7, 11) is 1.62. The van der Waals surface area contributed by atoms with Crippen molar-refractivity contribution in [2.45, 2.75) is 25.9 Å². The quantitative estimate of drug-likeness (QED) is 0.535. The van der Waals surface area contributed by atoms with E-state index in [4.69, 9.17) is 9.72 Å². The van der Waals surface area contributed by atoms with Gasteiger partial charge in [0.2, 0.25) is 0 Å². The molecule has 1 aliphatic heterocycles. The van der Waals surface area contributed by atoms with E-state index in [-0.39, 0.29) is 11.9 Å². The first-order chi connectivity index (χ1) is 15.1. The summed E-state index contributed by atoms with van der Waals surface area (Å²) in [5.74, 6) is 1.17. The lowest BCUT2D eigenvalue weighted by atomic mass is 10.1. The molecule has 1 amide bonds. The van der Waals surface area contributed by atoms with Crippen LogP contribution in [-0.2, 0) is 6.54 Å². The van der Waals surface area contributed by atoms with Gasteiger partial charge in [0.15, 0.2) is 0 Å². The summed E-state index contributed by atoms with van der Waals surface area (Å²) in [5, 5.41) is 6.83. The maximum absolute atomic E-state index is 13.1. The monoisotopic (exact) mass is 415 g/mol. The van der Waals surface area contributed by atoms with E-state index in [0.717, 1.165) is 41.8 Å². The van der Waals surface area contributed by atoms with E-state index < -0.39 is 0 Å². The summed E-state index contributed by atoms with van der Waals surface area (Å²) in [6, 6.07) is 13.8. The first-order valence-electron chi connectivity index (χ1n) is 10.5. The molecule has 1 fully saturated rings. The Bertz CT molecular complexity index is 1210. The number of H-pyrrole nitrogens is 1. The van der Waals surface area contributed by atoms with Crippen molar-refractivity contribution in [1.29, 1.82) is 0 Å². The number of methoxy groups -OCH3 is 1. The number of amides is 1. The van der Waals surface area contributed by atoms with Crippen LogP contribution in [0.25, 0.3) is 22.3 Å². The van der Waals surface area contributed by atoms with E-state index in [1.807, 2.05) is 41.4 Å². The van der Waals surface area contributed by atoms with Gasteiger partial charge in [-0.25, -0.2) is 4.98 Å². The predicted molar refractivity (Wildman–Crippen MR) is 119 cm³/mol. The second-order valence-corrected chi connectivity index (χ2v) is 8.20. The molecule has 1 aliphatic rings. The Morgan fingerprint density at radius 3 is 2.97 bits per heavy atom. The Balaban J connectivity index is 1.32. The highest BCUT2D eigenvalue weighted by Gasteiger charge is 2.33.